The van der Waals surface area contributed by atoms with Crippen molar-refractivity contribution >= 4 is 11.8 Å². The van der Waals surface area contributed by atoms with E-state index >= 15 is 0 Å². The molecule has 0 aliphatic heterocycles. The van der Waals surface area contributed by atoms with Gasteiger partial charge in [-0.3, -0.25) is 4.57 Å². The van der Waals surface area contributed by atoms with Crippen molar-refractivity contribution in [3.63, 3.8) is 0 Å². The van der Waals surface area contributed by atoms with E-state index in [0.29, 0.717) is 18.3 Å². The van der Waals surface area contributed by atoms with E-state index in [0.717, 1.165) is 22.1 Å². The molecule has 0 aliphatic rings. The molecular weight excluding hydrogens is 382 g/mol. The van der Waals surface area contributed by atoms with Gasteiger partial charge >= 0.3 is 0 Å². The number of hydrogen-bond acceptors (Lipinski definition) is 6. The Morgan fingerprint density at radius 1 is 1.10 bits per heavy atom. The van der Waals surface area contributed by atoms with Gasteiger partial charge in [-0.25, -0.2) is 0 Å². The third-order valence-electron chi connectivity index (χ3n) is 4.41. The van der Waals surface area contributed by atoms with Gasteiger partial charge in [0.2, 0.25) is 11.7 Å². The molecular formula is C22H21N5OS. The second-order valence-corrected chi connectivity index (χ2v) is 7.97. The van der Waals surface area contributed by atoms with E-state index in [1.807, 2.05) is 55.5 Å². The molecule has 2 aromatic heterocycles. The fourth-order valence-electron chi connectivity index (χ4n) is 2.98. The van der Waals surface area contributed by atoms with Crippen LogP contribution in [0, 0.1) is 6.92 Å². The molecule has 0 spiro atoms. The first-order valence-electron chi connectivity index (χ1n) is 9.32. The molecule has 29 heavy (non-hydrogen) atoms. The van der Waals surface area contributed by atoms with Gasteiger partial charge in [0.15, 0.2) is 11.0 Å². The first kappa shape index (κ1) is 19.1. The standard InChI is InChI=1S/C22H21N5OS/c1-4-13-27-20(18-12-8-9-15(2)14-18)24-25-22(27)29-16(3)21-23-19(26-28-21)17-10-6-5-7-11-17/h4-12,14,16H,1,13H2,2-3H3. The Morgan fingerprint density at radius 3 is 2.66 bits per heavy atom. The molecule has 6 nitrogen and oxygen atoms in total. The number of aryl methyl sites for hydroxylation is 1. The molecule has 1 atom stereocenters. The number of allylic oxidation sites excluding steroid dienone is 1. The molecule has 4 rings (SSSR count). The summed E-state index contributed by atoms with van der Waals surface area (Å²) in [5, 5.41) is 13.7. The first-order valence-corrected chi connectivity index (χ1v) is 10.2. The van der Waals surface area contributed by atoms with Crippen molar-refractivity contribution in [2.24, 2.45) is 0 Å². The van der Waals surface area contributed by atoms with Gasteiger partial charge in [0, 0.05) is 17.7 Å². The third-order valence-corrected chi connectivity index (χ3v) is 5.48. The van der Waals surface area contributed by atoms with Crippen LogP contribution in [0.4, 0.5) is 0 Å². The van der Waals surface area contributed by atoms with E-state index in [1.165, 1.54) is 17.3 Å². The first-order chi connectivity index (χ1) is 14.2. The van der Waals surface area contributed by atoms with E-state index < -0.39 is 0 Å². The Morgan fingerprint density at radius 2 is 1.90 bits per heavy atom. The Balaban J connectivity index is 1.59. The van der Waals surface area contributed by atoms with Gasteiger partial charge in [0.1, 0.15) is 0 Å². The molecule has 0 amide bonds. The van der Waals surface area contributed by atoms with Crippen LogP contribution >= 0.6 is 11.8 Å². The molecule has 0 bridgehead atoms. The molecule has 2 heterocycles. The van der Waals surface area contributed by atoms with Crippen LogP contribution in [0.3, 0.4) is 0 Å². The van der Waals surface area contributed by atoms with Gasteiger partial charge in [-0.05, 0) is 19.9 Å². The van der Waals surface area contributed by atoms with Gasteiger partial charge in [0.25, 0.3) is 0 Å². The highest BCUT2D eigenvalue weighted by atomic mass is 32.2. The maximum absolute atomic E-state index is 5.50. The molecule has 0 saturated heterocycles. The van der Waals surface area contributed by atoms with Crippen molar-refractivity contribution < 1.29 is 4.52 Å². The summed E-state index contributed by atoms with van der Waals surface area (Å²) in [6.45, 7) is 8.58. The summed E-state index contributed by atoms with van der Waals surface area (Å²) in [6.07, 6.45) is 1.84. The molecule has 0 fully saturated rings. The molecule has 0 radical (unpaired) electrons. The monoisotopic (exact) mass is 403 g/mol. The minimum absolute atomic E-state index is 0.0712. The summed E-state index contributed by atoms with van der Waals surface area (Å²) in [6, 6.07) is 18.0. The molecule has 2 aromatic carbocycles. The lowest BCUT2D eigenvalue weighted by Crippen LogP contribution is -2.02. The highest BCUT2D eigenvalue weighted by Gasteiger charge is 2.21. The Bertz CT molecular complexity index is 1120. The van der Waals surface area contributed by atoms with Gasteiger partial charge in [0.05, 0.1) is 5.25 Å². The lowest BCUT2D eigenvalue weighted by atomic mass is 10.1. The fraction of sp³-hybridized carbons (Fsp3) is 0.182. The lowest BCUT2D eigenvalue weighted by Gasteiger charge is -2.10. The second-order valence-electron chi connectivity index (χ2n) is 6.66. The second kappa shape index (κ2) is 8.45. The summed E-state index contributed by atoms with van der Waals surface area (Å²) < 4.78 is 7.55. The number of rotatable bonds is 7. The number of aromatic nitrogens is 5. The van der Waals surface area contributed by atoms with Crippen molar-refractivity contribution in [1.82, 2.24) is 24.9 Å². The Kier molecular flexibility index (Phi) is 5.57. The predicted molar refractivity (Wildman–Crippen MR) is 114 cm³/mol. The highest BCUT2D eigenvalue weighted by Crippen LogP contribution is 2.35. The van der Waals surface area contributed by atoms with Crippen molar-refractivity contribution in [2.75, 3.05) is 0 Å². The van der Waals surface area contributed by atoms with Crippen LogP contribution in [0.1, 0.15) is 23.6 Å². The van der Waals surface area contributed by atoms with Crippen molar-refractivity contribution in [3.05, 3.63) is 78.7 Å². The third kappa shape index (κ3) is 4.14. The average Bonchev–Trinajstić information content (AvgIpc) is 3.37. The Labute approximate surface area is 173 Å². The minimum atomic E-state index is -0.0712. The molecule has 7 heteroatoms. The quantitative estimate of drug-likeness (QED) is 0.306. The predicted octanol–water partition coefficient (Wildman–Crippen LogP) is 5.34. The fourth-order valence-corrected chi connectivity index (χ4v) is 3.87. The smallest absolute Gasteiger partial charge is 0.240 e. The van der Waals surface area contributed by atoms with Crippen molar-refractivity contribution in [1.29, 1.82) is 0 Å². The van der Waals surface area contributed by atoms with E-state index in [9.17, 15) is 0 Å². The SMILES string of the molecule is C=CCn1c(SC(C)c2nc(-c3ccccc3)no2)nnc1-c1cccc(C)c1. The molecule has 146 valence electrons. The maximum atomic E-state index is 5.50. The zero-order valence-electron chi connectivity index (χ0n) is 16.3. The highest BCUT2D eigenvalue weighted by molar-refractivity contribution is 7.99. The largest absolute Gasteiger partial charge is 0.338 e. The van der Waals surface area contributed by atoms with Crippen LogP contribution in [0.15, 0.2) is 76.9 Å². The van der Waals surface area contributed by atoms with Crippen LogP contribution in [-0.2, 0) is 6.54 Å². The number of benzene rings is 2. The van der Waals surface area contributed by atoms with E-state index in [-0.39, 0.29) is 5.25 Å². The van der Waals surface area contributed by atoms with Crippen LogP contribution < -0.4 is 0 Å². The van der Waals surface area contributed by atoms with Crippen LogP contribution in [0.5, 0.6) is 0 Å². The molecule has 1 unspecified atom stereocenters. The number of nitrogens with zero attached hydrogens (tertiary/aromatic N) is 5. The summed E-state index contributed by atoms with van der Waals surface area (Å²) in [5.41, 5.74) is 3.14. The summed E-state index contributed by atoms with van der Waals surface area (Å²) in [4.78, 5) is 4.55. The van der Waals surface area contributed by atoms with Crippen LogP contribution in [0.2, 0.25) is 0 Å². The number of thioether (sulfide) groups is 1. The van der Waals surface area contributed by atoms with E-state index in [4.69, 9.17) is 4.52 Å². The molecule has 0 aliphatic carbocycles. The van der Waals surface area contributed by atoms with E-state index in [1.54, 1.807) is 0 Å². The average molecular weight is 404 g/mol. The van der Waals surface area contributed by atoms with Crippen molar-refractivity contribution in [3.8, 4) is 22.8 Å². The van der Waals surface area contributed by atoms with Crippen LogP contribution in [0.25, 0.3) is 22.8 Å². The zero-order valence-corrected chi connectivity index (χ0v) is 17.1. The van der Waals surface area contributed by atoms with Gasteiger partial charge in [-0.1, -0.05) is 77.1 Å². The van der Waals surface area contributed by atoms with Crippen molar-refractivity contribution in [2.45, 2.75) is 30.8 Å². The normalized spacial score (nSPS) is 12.1. The van der Waals surface area contributed by atoms with Crippen LogP contribution in [-0.4, -0.2) is 24.9 Å². The Hall–Kier alpha value is -3.19. The summed E-state index contributed by atoms with van der Waals surface area (Å²) in [7, 11) is 0. The molecule has 0 saturated carbocycles. The number of hydrogen-bond donors (Lipinski definition) is 0. The topological polar surface area (TPSA) is 69.6 Å². The molecule has 4 aromatic rings. The zero-order chi connectivity index (χ0) is 20.2. The molecule has 0 N–H and O–H groups in total. The van der Waals surface area contributed by atoms with E-state index in [2.05, 4.69) is 50.5 Å². The van der Waals surface area contributed by atoms with Gasteiger partial charge in [-0.15, -0.1) is 16.8 Å². The maximum Gasteiger partial charge on any atom is 0.240 e. The minimum Gasteiger partial charge on any atom is -0.338 e. The van der Waals surface area contributed by atoms with Gasteiger partial charge < -0.3 is 4.52 Å². The summed E-state index contributed by atoms with van der Waals surface area (Å²) in [5.74, 6) is 1.96. The van der Waals surface area contributed by atoms with Gasteiger partial charge in [-0.2, -0.15) is 4.98 Å². The lowest BCUT2D eigenvalue weighted by molar-refractivity contribution is 0.380. The summed E-state index contributed by atoms with van der Waals surface area (Å²) >= 11 is 1.54.